The lowest BCUT2D eigenvalue weighted by Gasteiger charge is -2.52. The zero-order valence-electron chi connectivity index (χ0n) is 14.7. The molecule has 3 atom stereocenters. The minimum absolute atomic E-state index is 0. The van der Waals surface area contributed by atoms with E-state index in [0.29, 0.717) is 17.0 Å². The molecule has 0 aliphatic carbocycles. The van der Waals surface area contributed by atoms with E-state index < -0.39 is 5.60 Å². The largest absolute Gasteiger partial charge is 0.389 e. The Kier molecular flexibility index (Phi) is 6.20. The quantitative estimate of drug-likeness (QED) is 0.678. The second-order valence-electron chi connectivity index (χ2n) is 8.32. The second kappa shape index (κ2) is 7.32. The van der Waals surface area contributed by atoms with Crippen LogP contribution in [-0.4, -0.2) is 34.7 Å². The van der Waals surface area contributed by atoms with E-state index in [1.54, 1.807) is 0 Å². The van der Waals surface area contributed by atoms with Gasteiger partial charge in [0, 0.05) is 29.2 Å². The van der Waals surface area contributed by atoms with Crippen molar-refractivity contribution in [3.8, 4) is 0 Å². The molecule has 0 unspecified atom stereocenters. The molecule has 2 aliphatic rings. The topological polar surface area (TPSA) is 23.5 Å². The molecule has 2 nitrogen and oxygen atoms in total. The Bertz CT molecular complexity index is 586. The van der Waals surface area contributed by atoms with Gasteiger partial charge in [-0.25, -0.2) is 0 Å². The molecule has 136 valence electrons. The van der Waals surface area contributed by atoms with Crippen molar-refractivity contribution in [3.05, 3.63) is 33.8 Å². The van der Waals surface area contributed by atoms with Gasteiger partial charge in [0.05, 0.1) is 5.60 Å². The third-order valence-electron chi connectivity index (χ3n) is 6.00. The molecule has 0 aromatic heterocycles. The fourth-order valence-electron chi connectivity index (χ4n) is 4.19. The Hall–Kier alpha value is 0.01000. The van der Waals surface area contributed by atoms with Gasteiger partial charge in [0.2, 0.25) is 0 Å². The number of benzene rings is 1. The van der Waals surface area contributed by atoms with E-state index in [0.717, 1.165) is 43.8 Å². The lowest BCUT2D eigenvalue weighted by Crippen LogP contribution is -2.57. The molecule has 0 amide bonds. The van der Waals surface area contributed by atoms with Gasteiger partial charge in [-0.1, -0.05) is 50.0 Å². The molecule has 1 N–H and O–H groups in total. The summed E-state index contributed by atoms with van der Waals surface area (Å²) in [6.45, 7) is 8.47. The van der Waals surface area contributed by atoms with E-state index in [2.05, 4.69) is 31.7 Å². The Labute approximate surface area is 161 Å². The summed E-state index contributed by atoms with van der Waals surface area (Å²) in [6.07, 6.45) is 4.00. The second-order valence-corrected chi connectivity index (χ2v) is 9.17. The Balaban J connectivity index is 0.00000208. The summed E-state index contributed by atoms with van der Waals surface area (Å²) < 4.78 is 0. The summed E-state index contributed by atoms with van der Waals surface area (Å²) in [5.41, 5.74) is 0.611. The van der Waals surface area contributed by atoms with Gasteiger partial charge in [0.25, 0.3) is 0 Å². The predicted molar refractivity (Wildman–Crippen MR) is 105 cm³/mol. The zero-order valence-corrected chi connectivity index (χ0v) is 17.0. The van der Waals surface area contributed by atoms with Gasteiger partial charge in [-0.15, -0.1) is 12.4 Å². The van der Waals surface area contributed by atoms with E-state index in [1.807, 2.05) is 12.1 Å². The first-order chi connectivity index (χ1) is 10.7. The summed E-state index contributed by atoms with van der Waals surface area (Å²) in [4.78, 5) is 2.55. The normalized spacial score (nSPS) is 31.2. The Morgan fingerprint density at radius 3 is 2.54 bits per heavy atom. The number of hydrogen-bond donors (Lipinski definition) is 1. The van der Waals surface area contributed by atoms with Crippen molar-refractivity contribution in [2.45, 2.75) is 64.0 Å². The van der Waals surface area contributed by atoms with E-state index >= 15 is 0 Å². The fraction of sp³-hybridized carbons (Fsp3) is 0.684. The number of fused-ring (bicyclic) bond motifs is 1. The first kappa shape index (κ1) is 20.3. The van der Waals surface area contributed by atoms with E-state index in [4.69, 9.17) is 23.2 Å². The molecule has 2 aliphatic heterocycles. The number of piperidine rings is 2. The maximum absolute atomic E-state index is 11.0. The van der Waals surface area contributed by atoms with Crippen LogP contribution in [0.3, 0.4) is 0 Å². The van der Waals surface area contributed by atoms with Crippen molar-refractivity contribution in [2.75, 3.05) is 13.1 Å². The molecule has 1 aromatic rings. The molecule has 0 radical (unpaired) electrons. The highest BCUT2D eigenvalue weighted by Crippen LogP contribution is 2.45. The van der Waals surface area contributed by atoms with Crippen LogP contribution in [-0.2, 0) is 0 Å². The highest BCUT2D eigenvalue weighted by molar-refractivity contribution is 6.35. The lowest BCUT2D eigenvalue weighted by atomic mass is 9.67. The van der Waals surface area contributed by atoms with E-state index in [-0.39, 0.29) is 17.8 Å². The molecule has 2 heterocycles. The smallest absolute Gasteiger partial charge is 0.0722 e. The van der Waals surface area contributed by atoms with Crippen LogP contribution in [0.4, 0.5) is 0 Å². The van der Waals surface area contributed by atoms with Crippen LogP contribution >= 0.6 is 35.6 Å². The lowest BCUT2D eigenvalue weighted by molar-refractivity contribution is -0.122. The molecular weight excluding hydrogens is 365 g/mol. The van der Waals surface area contributed by atoms with Crippen LogP contribution in [0.25, 0.3) is 0 Å². The van der Waals surface area contributed by atoms with Crippen LogP contribution < -0.4 is 0 Å². The maximum Gasteiger partial charge on any atom is 0.0722 e. The zero-order chi connectivity index (χ0) is 16.8. The molecule has 2 saturated heterocycles. The highest BCUT2D eigenvalue weighted by atomic mass is 35.5. The Morgan fingerprint density at radius 1 is 1.21 bits per heavy atom. The standard InChI is InChI=1S/C19H27Cl2NO.ClH/c1-18(2,3)19(23)8-9-22-12-13(4-6-15(22)11-19)16-7-5-14(20)10-17(16)21;/h5,7,10,13,15,23H,4,6,8-9,11-12H2,1-3H3;1H/t13-,15+,19-;/m0./s1. The van der Waals surface area contributed by atoms with Crippen molar-refractivity contribution >= 4 is 35.6 Å². The Morgan fingerprint density at radius 2 is 1.92 bits per heavy atom. The minimum atomic E-state index is -0.543. The average molecular weight is 393 g/mol. The summed E-state index contributed by atoms with van der Waals surface area (Å²) in [6, 6.07) is 6.35. The van der Waals surface area contributed by atoms with E-state index in [1.165, 1.54) is 5.56 Å². The summed E-state index contributed by atoms with van der Waals surface area (Å²) in [5, 5.41) is 12.5. The molecule has 0 saturated carbocycles. The summed E-state index contributed by atoms with van der Waals surface area (Å²) >= 11 is 12.4. The van der Waals surface area contributed by atoms with Crippen molar-refractivity contribution < 1.29 is 5.11 Å². The van der Waals surface area contributed by atoms with Crippen LogP contribution in [0.2, 0.25) is 10.0 Å². The van der Waals surface area contributed by atoms with Crippen molar-refractivity contribution in [1.29, 1.82) is 0 Å². The maximum atomic E-state index is 11.0. The molecular formula is C19H28Cl3NO. The van der Waals surface area contributed by atoms with Gasteiger partial charge >= 0.3 is 0 Å². The SMILES string of the molecule is CC(C)(C)[C@]1(O)CCN2C[C@@H](c3ccc(Cl)cc3Cl)CC[C@@H]2C1.Cl. The number of nitrogens with zero attached hydrogens (tertiary/aromatic N) is 1. The van der Waals surface area contributed by atoms with Crippen LogP contribution in [0.1, 0.15) is 57.9 Å². The van der Waals surface area contributed by atoms with Gasteiger partial charge in [-0.3, -0.25) is 4.90 Å². The molecule has 3 rings (SSSR count). The molecule has 0 spiro atoms. The highest BCUT2D eigenvalue weighted by Gasteiger charge is 2.47. The van der Waals surface area contributed by atoms with Gasteiger partial charge in [0.1, 0.15) is 0 Å². The molecule has 5 heteroatoms. The van der Waals surface area contributed by atoms with Crippen molar-refractivity contribution in [2.24, 2.45) is 5.41 Å². The minimum Gasteiger partial charge on any atom is -0.389 e. The van der Waals surface area contributed by atoms with Crippen molar-refractivity contribution in [3.63, 3.8) is 0 Å². The molecule has 0 bridgehead atoms. The summed E-state index contributed by atoms with van der Waals surface area (Å²) in [5.74, 6) is 0.469. The van der Waals surface area contributed by atoms with Gasteiger partial charge in [-0.2, -0.15) is 0 Å². The monoisotopic (exact) mass is 391 g/mol. The number of aliphatic hydroxyl groups is 1. The predicted octanol–water partition coefficient (Wildman–Crippen LogP) is 5.53. The molecule has 2 fully saturated rings. The number of halogens is 3. The first-order valence-corrected chi connectivity index (χ1v) is 9.36. The number of rotatable bonds is 1. The van der Waals surface area contributed by atoms with Crippen LogP contribution in [0.15, 0.2) is 18.2 Å². The third kappa shape index (κ3) is 3.88. The van der Waals surface area contributed by atoms with Gasteiger partial charge in [0.15, 0.2) is 0 Å². The number of hydrogen-bond acceptors (Lipinski definition) is 2. The van der Waals surface area contributed by atoms with Gasteiger partial charge < -0.3 is 5.11 Å². The van der Waals surface area contributed by atoms with Crippen LogP contribution in [0.5, 0.6) is 0 Å². The van der Waals surface area contributed by atoms with Crippen LogP contribution in [0, 0.1) is 5.41 Å². The van der Waals surface area contributed by atoms with E-state index in [9.17, 15) is 5.11 Å². The molecule has 1 aromatic carbocycles. The third-order valence-corrected chi connectivity index (χ3v) is 6.57. The average Bonchev–Trinajstić information content (AvgIpc) is 2.46. The fourth-order valence-corrected chi connectivity index (χ4v) is 4.76. The first-order valence-electron chi connectivity index (χ1n) is 8.61. The molecule has 24 heavy (non-hydrogen) atoms. The van der Waals surface area contributed by atoms with Crippen molar-refractivity contribution in [1.82, 2.24) is 4.90 Å². The summed E-state index contributed by atoms with van der Waals surface area (Å²) in [7, 11) is 0. The van der Waals surface area contributed by atoms with Gasteiger partial charge in [-0.05, 0) is 54.7 Å².